The standard InChI is InChI=1S/C11H16BrNO/c1-3-10(13)11(14)8-4-5-9(12)7(2)6-8/h4-6,10-11,14H,3,13H2,1-2H3. The molecule has 0 bridgehead atoms. The Morgan fingerprint density at radius 3 is 2.64 bits per heavy atom. The molecule has 3 N–H and O–H groups in total. The predicted molar refractivity (Wildman–Crippen MR) is 62.1 cm³/mol. The topological polar surface area (TPSA) is 46.2 Å². The van der Waals surface area contributed by atoms with Crippen molar-refractivity contribution in [3.8, 4) is 0 Å². The van der Waals surface area contributed by atoms with Crippen molar-refractivity contribution in [2.45, 2.75) is 32.4 Å². The molecule has 0 saturated carbocycles. The number of hydrogen-bond acceptors (Lipinski definition) is 2. The van der Waals surface area contributed by atoms with Crippen molar-refractivity contribution in [1.82, 2.24) is 0 Å². The minimum Gasteiger partial charge on any atom is -0.387 e. The number of aliphatic hydroxyl groups excluding tert-OH is 1. The van der Waals surface area contributed by atoms with E-state index in [1.165, 1.54) is 0 Å². The van der Waals surface area contributed by atoms with Crippen LogP contribution in [0.2, 0.25) is 0 Å². The first kappa shape index (κ1) is 11.7. The van der Waals surface area contributed by atoms with E-state index in [-0.39, 0.29) is 6.04 Å². The fourth-order valence-corrected chi connectivity index (χ4v) is 1.57. The molecule has 0 heterocycles. The number of halogens is 1. The van der Waals surface area contributed by atoms with Gasteiger partial charge in [-0.2, -0.15) is 0 Å². The van der Waals surface area contributed by atoms with Crippen LogP contribution in [0.15, 0.2) is 22.7 Å². The first-order valence-electron chi connectivity index (χ1n) is 4.76. The average Bonchev–Trinajstić information content (AvgIpc) is 2.20. The minimum absolute atomic E-state index is 0.185. The molecule has 1 rings (SSSR count). The van der Waals surface area contributed by atoms with Crippen LogP contribution in [-0.4, -0.2) is 11.1 Å². The Hall–Kier alpha value is -0.380. The third-order valence-corrected chi connectivity index (χ3v) is 3.29. The molecule has 0 saturated heterocycles. The molecule has 1 aromatic rings. The Balaban J connectivity index is 2.91. The fraction of sp³-hybridized carbons (Fsp3) is 0.455. The van der Waals surface area contributed by atoms with Gasteiger partial charge in [0.15, 0.2) is 0 Å². The zero-order chi connectivity index (χ0) is 10.7. The Morgan fingerprint density at radius 1 is 1.50 bits per heavy atom. The average molecular weight is 258 g/mol. The van der Waals surface area contributed by atoms with Gasteiger partial charge in [-0.15, -0.1) is 0 Å². The lowest BCUT2D eigenvalue weighted by molar-refractivity contribution is 0.144. The number of rotatable bonds is 3. The van der Waals surface area contributed by atoms with Gasteiger partial charge >= 0.3 is 0 Å². The van der Waals surface area contributed by atoms with Crippen molar-refractivity contribution in [3.05, 3.63) is 33.8 Å². The van der Waals surface area contributed by atoms with Gasteiger partial charge in [-0.25, -0.2) is 0 Å². The van der Waals surface area contributed by atoms with E-state index < -0.39 is 6.10 Å². The van der Waals surface area contributed by atoms with Crippen LogP contribution in [0.25, 0.3) is 0 Å². The summed E-state index contributed by atoms with van der Waals surface area (Å²) in [7, 11) is 0. The van der Waals surface area contributed by atoms with Gasteiger partial charge in [0.25, 0.3) is 0 Å². The van der Waals surface area contributed by atoms with Crippen LogP contribution < -0.4 is 5.73 Å². The lowest BCUT2D eigenvalue weighted by atomic mass is 10.00. The van der Waals surface area contributed by atoms with E-state index in [9.17, 15) is 5.11 Å². The maximum atomic E-state index is 9.86. The summed E-state index contributed by atoms with van der Waals surface area (Å²) in [5.41, 5.74) is 7.78. The van der Waals surface area contributed by atoms with Gasteiger partial charge in [0.05, 0.1) is 6.10 Å². The van der Waals surface area contributed by atoms with Crippen LogP contribution in [0.1, 0.15) is 30.6 Å². The summed E-state index contributed by atoms with van der Waals surface area (Å²) in [6, 6.07) is 5.62. The third-order valence-electron chi connectivity index (χ3n) is 2.40. The molecular formula is C11H16BrNO. The SMILES string of the molecule is CCC(N)C(O)c1ccc(Br)c(C)c1. The first-order valence-corrected chi connectivity index (χ1v) is 5.55. The highest BCUT2D eigenvalue weighted by Crippen LogP contribution is 2.23. The molecule has 2 nitrogen and oxygen atoms in total. The van der Waals surface area contributed by atoms with E-state index in [2.05, 4.69) is 15.9 Å². The van der Waals surface area contributed by atoms with Crippen LogP contribution in [0, 0.1) is 6.92 Å². The molecule has 0 aliphatic rings. The van der Waals surface area contributed by atoms with Gasteiger partial charge in [0, 0.05) is 10.5 Å². The highest BCUT2D eigenvalue weighted by molar-refractivity contribution is 9.10. The van der Waals surface area contributed by atoms with E-state index in [0.717, 1.165) is 22.0 Å². The molecule has 0 aromatic heterocycles. The van der Waals surface area contributed by atoms with Crippen molar-refractivity contribution in [2.24, 2.45) is 5.73 Å². The molecule has 0 aliphatic heterocycles. The van der Waals surface area contributed by atoms with Gasteiger partial charge in [0.1, 0.15) is 0 Å². The summed E-state index contributed by atoms with van der Waals surface area (Å²) in [4.78, 5) is 0. The fourth-order valence-electron chi connectivity index (χ4n) is 1.32. The zero-order valence-corrected chi connectivity index (χ0v) is 10.1. The smallest absolute Gasteiger partial charge is 0.0940 e. The van der Waals surface area contributed by atoms with Gasteiger partial charge < -0.3 is 10.8 Å². The second kappa shape index (κ2) is 4.91. The highest BCUT2D eigenvalue weighted by Gasteiger charge is 2.15. The summed E-state index contributed by atoms with van der Waals surface area (Å²) < 4.78 is 1.05. The van der Waals surface area contributed by atoms with E-state index in [1.54, 1.807) is 0 Å². The molecule has 1 aromatic carbocycles. The summed E-state index contributed by atoms with van der Waals surface area (Å²) in [5, 5.41) is 9.86. The van der Waals surface area contributed by atoms with Crippen molar-refractivity contribution < 1.29 is 5.11 Å². The first-order chi connectivity index (χ1) is 6.56. The maximum absolute atomic E-state index is 9.86. The second-order valence-corrected chi connectivity index (χ2v) is 4.38. The van der Waals surface area contributed by atoms with E-state index in [1.807, 2.05) is 32.0 Å². The van der Waals surface area contributed by atoms with E-state index in [4.69, 9.17) is 5.73 Å². The van der Waals surface area contributed by atoms with Crippen molar-refractivity contribution >= 4 is 15.9 Å². The van der Waals surface area contributed by atoms with Crippen molar-refractivity contribution in [1.29, 1.82) is 0 Å². The van der Waals surface area contributed by atoms with Crippen molar-refractivity contribution in [2.75, 3.05) is 0 Å². The molecule has 0 amide bonds. The lowest BCUT2D eigenvalue weighted by Crippen LogP contribution is -2.27. The Bertz CT molecular complexity index is 314. The molecule has 14 heavy (non-hydrogen) atoms. The number of nitrogens with two attached hydrogens (primary N) is 1. The van der Waals surface area contributed by atoms with Gasteiger partial charge in [-0.05, 0) is 30.5 Å². The summed E-state index contributed by atoms with van der Waals surface area (Å²) in [6.45, 7) is 3.97. The Labute approximate surface area is 93.3 Å². The highest BCUT2D eigenvalue weighted by atomic mass is 79.9. The second-order valence-electron chi connectivity index (χ2n) is 3.53. The Kier molecular flexibility index (Phi) is 4.11. The maximum Gasteiger partial charge on any atom is 0.0940 e. The monoisotopic (exact) mass is 257 g/mol. The number of hydrogen-bond donors (Lipinski definition) is 2. The zero-order valence-electron chi connectivity index (χ0n) is 8.50. The van der Waals surface area contributed by atoms with E-state index >= 15 is 0 Å². The molecule has 2 unspecified atom stereocenters. The van der Waals surface area contributed by atoms with Gasteiger partial charge in [-0.1, -0.05) is 35.0 Å². The normalized spacial score (nSPS) is 15.2. The predicted octanol–water partition coefficient (Wildman–Crippen LogP) is 2.53. The minimum atomic E-state index is -0.563. The largest absolute Gasteiger partial charge is 0.387 e. The van der Waals surface area contributed by atoms with Crippen molar-refractivity contribution in [3.63, 3.8) is 0 Å². The van der Waals surface area contributed by atoms with Crippen LogP contribution in [0.3, 0.4) is 0 Å². The van der Waals surface area contributed by atoms with Gasteiger partial charge in [-0.3, -0.25) is 0 Å². The van der Waals surface area contributed by atoms with Crippen LogP contribution >= 0.6 is 15.9 Å². The van der Waals surface area contributed by atoms with E-state index in [0.29, 0.717) is 0 Å². The lowest BCUT2D eigenvalue weighted by Gasteiger charge is -2.18. The third kappa shape index (κ3) is 2.56. The van der Waals surface area contributed by atoms with Crippen LogP contribution in [-0.2, 0) is 0 Å². The molecule has 2 atom stereocenters. The number of aliphatic hydroxyl groups is 1. The van der Waals surface area contributed by atoms with Crippen LogP contribution in [0.5, 0.6) is 0 Å². The Morgan fingerprint density at radius 2 is 2.14 bits per heavy atom. The van der Waals surface area contributed by atoms with Crippen LogP contribution in [0.4, 0.5) is 0 Å². The molecular weight excluding hydrogens is 242 g/mol. The summed E-state index contributed by atoms with van der Waals surface area (Å²) >= 11 is 3.42. The number of aryl methyl sites for hydroxylation is 1. The number of benzene rings is 1. The molecule has 3 heteroatoms. The molecule has 0 radical (unpaired) electrons. The summed E-state index contributed by atoms with van der Waals surface area (Å²) in [6.07, 6.45) is 0.211. The quantitative estimate of drug-likeness (QED) is 0.875. The molecule has 78 valence electrons. The molecule has 0 fully saturated rings. The molecule has 0 aliphatic carbocycles. The molecule has 0 spiro atoms. The van der Waals surface area contributed by atoms with Gasteiger partial charge in [0.2, 0.25) is 0 Å². The summed E-state index contributed by atoms with van der Waals surface area (Å²) in [5.74, 6) is 0.